The summed E-state index contributed by atoms with van der Waals surface area (Å²) >= 11 is 0. The molecule has 1 amide bonds. The molecule has 2 aromatic rings. The fourth-order valence-electron chi connectivity index (χ4n) is 2.20. The maximum Gasteiger partial charge on any atom is 0.237 e. The lowest BCUT2D eigenvalue weighted by molar-refractivity contribution is -0.122. The number of ether oxygens (including phenoxy) is 1. The van der Waals surface area contributed by atoms with Gasteiger partial charge in [0.25, 0.3) is 0 Å². The monoisotopic (exact) mass is 348 g/mol. The molecule has 0 spiro atoms. The van der Waals surface area contributed by atoms with Gasteiger partial charge in [0.15, 0.2) is 0 Å². The van der Waals surface area contributed by atoms with Crippen molar-refractivity contribution in [3.05, 3.63) is 65.7 Å². The van der Waals surface area contributed by atoms with Crippen LogP contribution in [-0.2, 0) is 17.9 Å². The van der Waals surface area contributed by atoms with Gasteiger partial charge in [-0.2, -0.15) is 0 Å². The van der Waals surface area contributed by atoms with Crippen molar-refractivity contribution >= 4 is 18.3 Å². The average molecular weight is 349 g/mol. The van der Waals surface area contributed by atoms with Crippen LogP contribution in [-0.4, -0.2) is 11.9 Å². The Kier molecular flexibility index (Phi) is 8.90. The van der Waals surface area contributed by atoms with Crippen LogP contribution in [0.3, 0.4) is 0 Å². The van der Waals surface area contributed by atoms with Crippen molar-refractivity contribution in [3.63, 3.8) is 0 Å². The molecule has 4 nitrogen and oxygen atoms in total. The molecule has 0 aliphatic heterocycles. The van der Waals surface area contributed by atoms with Crippen molar-refractivity contribution in [1.29, 1.82) is 0 Å². The van der Waals surface area contributed by atoms with E-state index < -0.39 is 6.04 Å². The van der Waals surface area contributed by atoms with E-state index >= 15 is 0 Å². The molecule has 1 unspecified atom stereocenters. The minimum absolute atomic E-state index is 0. The molecule has 0 bridgehead atoms. The van der Waals surface area contributed by atoms with Crippen LogP contribution in [0, 0.1) is 0 Å². The zero-order valence-corrected chi connectivity index (χ0v) is 14.7. The van der Waals surface area contributed by atoms with E-state index in [1.54, 1.807) is 0 Å². The Balaban J connectivity index is 0.00000288. The number of nitrogens with one attached hydrogen (secondary N) is 1. The summed E-state index contributed by atoms with van der Waals surface area (Å²) in [4.78, 5) is 11.8. The molecule has 5 heteroatoms. The molecular formula is C19H25ClN2O2. The minimum Gasteiger partial charge on any atom is -0.489 e. The Morgan fingerprint density at radius 3 is 2.33 bits per heavy atom. The minimum atomic E-state index is -0.418. The lowest BCUT2D eigenvalue weighted by Gasteiger charge is -2.11. The van der Waals surface area contributed by atoms with Gasteiger partial charge in [-0.3, -0.25) is 4.79 Å². The first kappa shape index (κ1) is 20.0. The molecule has 0 saturated carbocycles. The van der Waals surface area contributed by atoms with E-state index in [-0.39, 0.29) is 18.3 Å². The lowest BCUT2D eigenvalue weighted by atomic mass is 10.1. The van der Waals surface area contributed by atoms with E-state index in [2.05, 4.69) is 5.32 Å². The van der Waals surface area contributed by atoms with E-state index in [4.69, 9.17) is 10.5 Å². The third-order valence-electron chi connectivity index (χ3n) is 3.57. The molecule has 0 heterocycles. The van der Waals surface area contributed by atoms with Gasteiger partial charge in [-0.15, -0.1) is 12.4 Å². The molecular weight excluding hydrogens is 324 g/mol. The summed E-state index contributed by atoms with van der Waals surface area (Å²) in [5.74, 6) is 0.761. The standard InChI is InChI=1S/C19H24N2O2.ClH/c1-2-6-18(20)19(22)21-13-15-9-11-16(12-10-15)14-23-17-7-4-3-5-8-17;/h3-5,7-12,18H,2,6,13-14,20H2,1H3,(H,21,22);1H. The highest BCUT2D eigenvalue weighted by atomic mass is 35.5. The van der Waals surface area contributed by atoms with E-state index in [9.17, 15) is 4.79 Å². The highest BCUT2D eigenvalue weighted by Gasteiger charge is 2.11. The van der Waals surface area contributed by atoms with Gasteiger partial charge in [0.05, 0.1) is 6.04 Å². The summed E-state index contributed by atoms with van der Waals surface area (Å²) in [7, 11) is 0. The van der Waals surface area contributed by atoms with Crippen LogP contribution in [0.1, 0.15) is 30.9 Å². The van der Waals surface area contributed by atoms with Crippen LogP contribution in [0.2, 0.25) is 0 Å². The van der Waals surface area contributed by atoms with Crippen molar-refractivity contribution in [2.45, 2.75) is 39.0 Å². The quantitative estimate of drug-likeness (QED) is 0.768. The van der Waals surface area contributed by atoms with Crippen LogP contribution in [0.15, 0.2) is 54.6 Å². The second-order valence-corrected chi connectivity index (χ2v) is 5.53. The number of rotatable bonds is 8. The summed E-state index contributed by atoms with van der Waals surface area (Å²) in [6.45, 7) is 3.04. The third-order valence-corrected chi connectivity index (χ3v) is 3.57. The molecule has 0 aliphatic carbocycles. The maximum absolute atomic E-state index is 11.8. The van der Waals surface area contributed by atoms with Gasteiger partial charge in [-0.1, -0.05) is 55.8 Å². The van der Waals surface area contributed by atoms with Crippen LogP contribution >= 0.6 is 12.4 Å². The number of para-hydroxylation sites is 1. The number of carbonyl (C=O) groups is 1. The highest BCUT2D eigenvalue weighted by Crippen LogP contribution is 2.12. The highest BCUT2D eigenvalue weighted by molar-refractivity contribution is 5.85. The van der Waals surface area contributed by atoms with Gasteiger partial charge in [-0.05, 0) is 29.7 Å². The number of benzene rings is 2. The van der Waals surface area contributed by atoms with E-state index in [1.165, 1.54) is 0 Å². The van der Waals surface area contributed by atoms with Crippen molar-refractivity contribution in [2.75, 3.05) is 0 Å². The zero-order valence-electron chi connectivity index (χ0n) is 13.9. The summed E-state index contributed by atoms with van der Waals surface area (Å²) < 4.78 is 5.70. The molecule has 0 saturated heterocycles. The van der Waals surface area contributed by atoms with Gasteiger partial charge >= 0.3 is 0 Å². The Hall–Kier alpha value is -2.04. The summed E-state index contributed by atoms with van der Waals surface area (Å²) in [5, 5.41) is 2.87. The first-order chi connectivity index (χ1) is 11.2. The smallest absolute Gasteiger partial charge is 0.237 e. The number of nitrogens with two attached hydrogens (primary N) is 1. The van der Waals surface area contributed by atoms with E-state index in [0.717, 1.165) is 23.3 Å². The Morgan fingerprint density at radius 2 is 1.71 bits per heavy atom. The van der Waals surface area contributed by atoms with Gasteiger partial charge in [0.2, 0.25) is 5.91 Å². The molecule has 24 heavy (non-hydrogen) atoms. The molecule has 2 rings (SSSR count). The molecule has 0 aromatic heterocycles. The number of hydrogen-bond donors (Lipinski definition) is 2. The van der Waals surface area contributed by atoms with Gasteiger partial charge < -0.3 is 15.8 Å². The third kappa shape index (κ3) is 6.60. The molecule has 0 fully saturated rings. The summed E-state index contributed by atoms with van der Waals surface area (Å²) in [6.07, 6.45) is 1.62. The number of amides is 1. The molecule has 1 atom stereocenters. The summed E-state index contributed by atoms with van der Waals surface area (Å²) in [5.41, 5.74) is 7.92. The largest absolute Gasteiger partial charge is 0.489 e. The Morgan fingerprint density at radius 1 is 1.08 bits per heavy atom. The van der Waals surface area contributed by atoms with Gasteiger partial charge in [0.1, 0.15) is 12.4 Å². The molecule has 2 aromatic carbocycles. The van der Waals surface area contributed by atoms with E-state index in [0.29, 0.717) is 19.6 Å². The SMILES string of the molecule is CCCC(N)C(=O)NCc1ccc(COc2ccccc2)cc1.Cl. The first-order valence-electron chi connectivity index (χ1n) is 7.98. The van der Waals surface area contributed by atoms with Crippen LogP contribution in [0.5, 0.6) is 5.75 Å². The van der Waals surface area contributed by atoms with Gasteiger partial charge in [0, 0.05) is 6.54 Å². The normalized spacial score (nSPS) is 11.2. The Labute approximate surface area is 149 Å². The van der Waals surface area contributed by atoms with Crippen LogP contribution in [0.4, 0.5) is 0 Å². The summed E-state index contributed by atoms with van der Waals surface area (Å²) in [6, 6.07) is 17.3. The molecule has 130 valence electrons. The predicted molar refractivity (Wildman–Crippen MR) is 99.2 cm³/mol. The number of carbonyl (C=O) groups excluding carboxylic acids is 1. The van der Waals surface area contributed by atoms with Crippen molar-refractivity contribution in [3.8, 4) is 5.75 Å². The molecule has 0 aliphatic rings. The second kappa shape index (κ2) is 10.7. The fourth-order valence-corrected chi connectivity index (χ4v) is 2.20. The second-order valence-electron chi connectivity index (χ2n) is 5.53. The van der Waals surface area contributed by atoms with Crippen molar-refractivity contribution < 1.29 is 9.53 Å². The topological polar surface area (TPSA) is 64.4 Å². The predicted octanol–water partition coefficient (Wildman–Crippen LogP) is 3.43. The lowest BCUT2D eigenvalue weighted by Crippen LogP contribution is -2.40. The molecule has 3 N–H and O–H groups in total. The number of hydrogen-bond acceptors (Lipinski definition) is 3. The number of halogens is 1. The maximum atomic E-state index is 11.8. The van der Waals surface area contributed by atoms with Crippen LogP contribution < -0.4 is 15.8 Å². The van der Waals surface area contributed by atoms with Crippen LogP contribution in [0.25, 0.3) is 0 Å². The van der Waals surface area contributed by atoms with Crippen molar-refractivity contribution in [1.82, 2.24) is 5.32 Å². The zero-order chi connectivity index (χ0) is 16.5. The fraction of sp³-hybridized carbons (Fsp3) is 0.316. The Bertz CT molecular complexity index is 603. The average Bonchev–Trinajstić information content (AvgIpc) is 2.60. The first-order valence-corrected chi connectivity index (χ1v) is 7.98. The van der Waals surface area contributed by atoms with E-state index in [1.807, 2.05) is 61.5 Å². The van der Waals surface area contributed by atoms with Crippen molar-refractivity contribution in [2.24, 2.45) is 5.73 Å². The molecule has 0 radical (unpaired) electrons. The van der Waals surface area contributed by atoms with Gasteiger partial charge in [-0.25, -0.2) is 0 Å².